The summed E-state index contributed by atoms with van der Waals surface area (Å²) in [6.45, 7) is 0.834. The second kappa shape index (κ2) is 5.37. The zero-order valence-electron chi connectivity index (χ0n) is 9.60. The minimum atomic E-state index is -1.05. The van der Waals surface area contributed by atoms with Crippen LogP contribution in [-0.4, -0.2) is 36.6 Å². The van der Waals surface area contributed by atoms with Gasteiger partial charge >= 0.3 is 5.97 Å². The molecule has 1 aromatic carbocycles. The smallest absolute Gasteiger partial charge is 0.323 e. The van der Waals surface area contributed by atoms with Gasteiger partial charge in [-0.3, -0.25) is 9.59 Å². The molecule has 0 radical (unpaired) electrons. The van der Waals surface area contributed by atoms with Crippen LogP contribution in [0, 0.1) is 5.92 Å². The summed E-state index contributed by atoms with van der Waals surface area (Å²) in [7, 11) is 0. The Morgan fingerprint density at radius 2 is 2.17 bits per heavy atom. The van der Waals surface area contributed by atoms with Gasteiger partial charge in [-0.15, -0.1) is 0 Å². The van der Waals surface area contributed by atoms with E-state index in [2.05, 4.69) is 5.32 Å². The van der Waals surface area contributed by atoms with Crippen LogP contribution in [0.5, 0.6) is 0 Å². The Bertz CT molecular complexity index is 474. The second-order valence-corrected chi connectivity index (χ2v) is 4.59. The van der Waals surface area contributed by atoms with E-state index >= 15 is 0 Å². The number of rotatable bonds is 4. The number of benzene rings is 1. The quantitative estimate of drug-likeness (QED) is 0.854. The first kappa shape index (κ1) is 12.9. The van der Waals surface area contributed by atoms with Crippen molar-refractivity contribution in [2.24, 2.45) is 5.92 Å². The molecule has 0 aromatic heterocycles. The Kier molecular flexibility index (Phi) is 3.84. The van der Waals surface area contributed by atoms with Crippen molar-refractivity contribution in [2.75, 3.05) is 24.5 Å². The predicted molar refractivity (Wildman–Crippen MR) is 67.8 cm³/mol. The van der Waals surface area contributed by atoms with Gasteiger partial charge in [0.1, 0.15) is 6.54 Å². The summed E-state index contributed by atoms with van der Waals surface area (Å²) >= 11 is 5.86. The maximum Gasteiger partial charge on any atom is 0.323 e. The lowest BCUT2D eigenvalue weighted by Gasteiger charge is -2.31. The van der Waals surface area contributed by atoms with Crippen molar-refractivity contribution in [3.05, 3.63) is 29.3 Å². The van der Waals surface area contributed by atoms with Crippen LogP contribution in [0.3, 0.4) is 0 Å². The maximum atomic E-state index is 12.2. The minimum absolute atomic E-state index is 0.150. The molecule has 1 aromatic rings. The third kappa shape index (κ3) is 2.80. The Morgan fingerprint density at radius 1 is 1.44 bits per heavy atom. The van der Waals surface area contributed by atoms with Crippen LogP contribution in [-0.2, 0) is 9.59 Å². The number of nitrogens with zero attached hydrogens (tertiary/aromatic N) is 1. The van der Waals surface area contributed by atoms with Crippen molar-refractivity contribution >= 4 is 29.2 Å². The predicted octanol–water partition coefficient (Wildman–Crippen LogP) is 0.977. The van der Waals surface area contributed by atoms with Gasteiger partial charge < -0.3 is 15.3 Å². The van der Waals surface area contributed by atoms with E-state index in [1.54, 1.807) is 24.3 Å². The van der Waals surface area contributed by atoms with Gasteiger partial charge in [-0.2, -0.15) is 0 Å². The summed E-state index contributed by atoms with van der Waals surface area (Å²) in [5.74, 6) is -1.38. The van der Waals surface area contributed by atoms with Crippen LogP contribution in [0.25, 0.3) is 0 Å². The van der Waals surface area contributed by atoms with Gasteiger partial charge in [0.15, 0.2) is 0 Å². The molecule has 1 aliphatic heterocycles. The number of aliphatic carboxylic acids is 1. The highest BCUT2D eigenvalue weighted by molar-refractivity contribution is 6.31. The number of carbonyl (C=O) groups excluding carboxylic acids is 1. The summed E-state index contributed by atoms with van der Waals surface area (Å²) in [4.78, 5) is 24.3. The first-order valence-electron chi connectivity index (χ1n) is 5.57. The molecule has 1 saturated heterocycles. The van der Waals surface area contributed by atoms with Crippen LogP contribution >= 0.6 is 11.6 Å². The average molecular weight is 269 g/mol. The van der Waals surface area contributed by atoms with Gasteiger partial charge in [-0.25, -0.2) is 0 Å². The third-order valence-corrected chi connectivity index (χ3v) is 3.05. The molecule has 0 saturated carbocycles. The van der Waals surface area contributed by atoms with Gasteiger partial charge in [0.05, 0.1) is 5.92 Å². The fourth-order valence-electron chi connectivity index (χ4n) is 1.76. The van der Waals surface area contributed by atoms with E-state index in [0.29, 0.717) is 23.8 Å². The van der Waals surface area contributed by atoms with E-state index in [1.165, 1.54) is 4.90 Å². The Morgan fingerprint density at radius 3 is 2.67 bits per heavy atom. The summed E-state index contributed by atoms with van der Waals surface area (Å²) in [6.07, 6.45) is 0. The monoisotopic (exact) mass is 268 g/mol. The first-order valence-corrected chi connectivity index (χ1v) is 5.95. The molecule has 1 aliphatic rings. The van der Waals surface area contributed by atoms with E-state index in [-0.39, 0.29) is 18.4 Å². The number of halogens is 1. The molecule has 1 heterocycles. The van der Waals surface area contributed by atoms with Crippen molar-refractivity contribution in [3.63, 3.8) is 0 Å². The Labute approximate surface area is 109 Å². The number of carboxylic acids is 1. The molecule has 2 rings (SSSR count). The fraction of sp³-hybridized carbons (Fsp3) is 0.333. The zero-order chi connectivity index (χ0) is 13.1. The van der Waals surface area contributed by atoms with Crippen molar-refractivity contribution in [1.82, 2.24) is 5.32 Å². The molecule has 1 amide bonds. The van der Waals surface area contributed by atoms with Gasteiger partial charge in [0.25, 0.3) is 0 Å². The number of hydrogen-bond acceptors (Lipinski definition) is 3. The van der Waals surface area contributed by atoms with Crippen molar-refractivity contribution in [1.29, 1.82) is 0 Å². The lowest BCUT2D eigenvalue weighted by Crippen LogP contribution is -2.53. The molecule has 0 spiro atoms. The molecular formula is C12H13ClN2O3. The minimum Gasteiger partial charge on any atom is -0.480 e. The standard InChI is InChI=1S/C12H13ClN2O3/c13-9-2-1-3-10(4-9)15(7-11(16)17)12(18)8-5-14-6-8/h1-4,8,14H,5-7H2,(H,16,17). The van der Waals surface area contributed by atoms with Gasteiger partial charge in [0.2, 0.25) is 5.91 Å². The highest BCUT2D eigenvalue weighted by atomic mass is 35.5. The molecule has 0 atom stereocenters. The number of amides is 1. The normalized spacial score (nSPS) is 14.9. The Hall–Kier alpha value is -1.59. The van der Waals surface area contributed by atoms with Crippen LogP contribution in [0.2, 0.25) is 5.02 Å². The van der Waals surface area contributed by atoms with E-state index in [1.807, 2.05) is 0 Å². The first-order chi connectivity index (χ1) is 8.58. The maximum absolute atomic E-state index is 12.2. The van der Waals surface area contributed by atoms with E-state index in [4.69, 9.17) is 16.7 Å². The number of nitrogens with one attached hydrogen (secondary N) is 1. The summed E-state index contributed by atoms with van der Waals surface area (Å²) in [5, 5.41) is 12.4. The molecule has 2 N–H and O–H groups in total. The highest BCUT2D eigenvalue weighted by Gasteiger charge is 2.31. The van der Waals surface area contributed by atoms with Crippen LogP contribution in [0.4, 0.5) is 5.69 Å². The lowest BCUT2D eigenvalue weighted by atomic mass is 10.0. The largest absolute Gasteiger partial charge is 0.480 e. The number of hydrogen-bond donors (Lipinski definition) is 2. The SMILES string of the molecule is O=C(O)CN(C(=O)C1CNC1)c1cccc(Cl)c1. The summed E-state index contributed by atoms with van der Waals surface area (Å²) in [5.41, 5.74) is 0.516. The molecule has 0 bridgehead atoms. The zero-order valence-corrected chi connectivity index (χ0v) is 10.4. The topological polar surface area (TPSA) is 69.6 Å². The average Bonchev–Trinajstić information content (AvgIpc) is 2.23. The highest BCUT2D eigenvalue weighted by Crippen LogP contribution is 2.22. The van der Waals surface area contributed by atoms with Crippen molar-refractivity contribution in [3.8, 4) is 0 Å². The van der Waals surface area contributed by atoms with Gasteiger partial charge in [-0.05, 0) is 18.2 Å². The molecule has 18 heavy (non-hydrogen) atoms. The van der Waals surface area contributed by atoms with Crippen molar-refractivity contribution in [2.45, 2.75) is 0 Å². The van der Waals surface area contributed by atoms with E-state index in [0.717, 1.165) is 0 Å². The van der Waals surface area contributed by atoms with Gasteiger partial charge in [-0.1, -0.05) is 17.7 Å². The van der Waals surface area contributed by atoms with E-state index < -0.39 is 5.97 Å². The lowest BCUT2D eigenvalue weighted by molar-refractivity contribution is -0.137. The van der Waals surface area contributed by atoms with E-state index in [9.17, 15) is 9.59 Å². The molecule has 96 valence electrons. The van der Waals surface area contributed by atoms with Crippen LogP contribution in [0.15, 0.2) is 24.3 Å². The number of carbonyl (C=O) groups is 2. The third-order valence-electron chi connectivity index (χ3n) is 2.81. The number of anilines is 1. The molecule has 0 unspecified atom stereocenters. The summed E-state index contributed by atoms with van der Waals surface area (Å²) < 4.78 is 0. The van der Waals surface area contributed by atoms with Crippen LogP contribution in [0.1, 0.15) is 0 Å². The van der Waals surface area contributed by atoms with Crippen LogP contribution < -0.4 is 10.2 Å². The molecule has 5 nitrogen and oxygen atoms in total. The molecule has 6 heteroatoms. The molecule has 0 aliphatic carbocycles. The molecular weight excluding hydrogens is 256 g/mol. The van der Waals surface area contributed by atoms with Crippen molar-refractivity contribution < 1.29 is 14.7 Å². The second-order valence-electron chi connectivity index (χ2n) is 4.15. The summed E-state index contributed by atoms with van der Waals surface area (Å²) in [6, 6.07) is 6.64. The van der Waals surface area contributed by atoms with Gasteiger partial charge in [0, 0.05) is 23.8 Å². The molecule has 1 fully saturated rings. The number of carboxylic acid groups (broad SMARTS) is 1. The Balaban J connectivity index is 2.23. The fourth-order valence-corrected chi connectivity index (χ4v) is 1.94.